The second kappa shape index (κ2) is 8.47. The lowest BCUT2D eigenvalue weighted by molar-refractivity contribution is 0.0725. The molecular weight excluding hydrogens is 369 g/mol. The van der Waals surface area contributed by atoms with Gasteiger partial charge >= 0.3 is 0 Å². The van der Waals surface area contributed by atoms with E-state index >= 15 is 0 Å². The van der Waals surface area contributed by atoms with Gasteiger partial charge in [0, 0.05) is 24.7 Å². The molecule has 0 bridgehead atoms. The van der Waals surface area contributed by atoms with Gasteiger partial charge in [0.05, 0.1) is 29.1 Å². The van der Waals surface area contributed by atoms with Crippen molar-refractivity contribution in [2.24, 2.45) is 0 Å². The number of nitrogens with zero attached hydrogens (tertiary/aromatic N) is 2. The zero-order valence-corrected chi connectivity index (χ0v) is 16.5. The average Bonchev–Trinajstić information content (AvgIpc) is 2.76. The molecule has 2 heterocycles. The molecule has 29 heavy (non-hydrogen) atoms. The number of benzene rings is 2. The van der Waals surface area contributed by atoms with Crippen molar-refractivity contribution in [3.63, 3.8) is 0 Å². The molecule has 2 aromatic carbocycles. The first-order valence-electron chi connectivity index (χ1n) is 10.0. The third-order valence-electron chi connectivity index (χ3n) is 5.15. The van der Waals surface area contributed by atoms with Crippen LogP contribution < -0.4 is 10.1 Å². The van der Waals surface area contributed by atoms with Crippen molar-refractivity contribution in [1.82, 2.24) is 9.88 Å². The standard InChI is InChI=1S/C23H24FN3O2/c1-2-29-21-9-5-4-8-20(21)26-22-17-14-16(24)10-11-19(17)25-15-18(22)23(28)27-12-6-3-7-13-27/h4-5,8-11,14-15H,2-3,6-7,12-13H2,1H3,(H,25,26). The Balaban J connectivity index is 1.83. The highest BCUT2D eigenvalue weighted by molar-refractivity contribution is 6.08. The van der Waals surface area contributed by atoms with Crippen LogP contribution in [-0.2, 0) is 0 Å². The van der Waals surface area contributed by atoms with E-state index in [0.717, 1.165) is 38.0 Å². The molecule has 0 atom stereocenters. The minimum absolute atomic E-state index is 0.0836. The molecule has 1 aliphatic rings. The fourth-order valence-corrected chi connectivity index (χ4v) is 3.71. The first-order chi connectivity index (χ1) is 14.2. The molecule has 4 rings (SSSR count). The number of aromatic nitrogens is 1. The summed E-state index contributed by atoms with van der Waals surface area (Å²) < 4.78 is 19.8. The number of hydrogen-bond donors (Lipinski definition) is 1. The minimum atomic E-state index is -0.372. The molecule has 0 spiro atoms. The van der Waals surface area contributed by atoms with Gasteiger partial charge in [-0.3, -0.25) is 9.78 Å². The Morgan fingerprint density at radius 2 is 1.97 bits per heavy atom. The second-order valence-electron chi connectivity index (χ2n) is 7.12. The molecule has 1 aromatic heterocycles. The van der Waals surface area contributed by atoms with Crippen LogP contribution in [0.25, 0.3) is 10.9 Å². The van der Waals surface area contributed by atoms with Gasteiger partial charge in [0.2, 0.25) is 0 Å². The molecule has 1 aliphatic heterocycles. The fourth-order valence-electron chi connectivity index (χ4n) is 3.71. The summed E-state index contributed by atoms with van der Waals surface area (Å²) in [5.41, 5.74) is 2.34. The molecular formula is C23H24FN3O2. The van der Waals surface area contributed by atoms with Gasteiger partial charge in [0.15, 0.2) is 0 Å². The Kier molecular flexibility index (Phi) is 5.60. The summed E-state index contributed by atoms with van der Waals surface area (Å²) >= 11 is 0. The van der Waals surface area contributed by atoms with Crippen LogP contribution in [0, 0.1) is 5.82 Å². The van der Waals surface area contributed by atoms with Gasteiger partial charge in [-0.1, -0.05) is 12.1 Å². The van der Waals surface area contributed by atoms with Crippen LogP contribution in [0.4, 0.5) is 15.8 Å². The maximum Gasteiger partial charge on any atom is 0.257 e. The summed E-state index contributed by atoms with van der Waals surface area (Å²) in [4.78, 5) is 19.5. The Hall–Kier alpha value is -3.15. The zero-order chi connectivity index (χ0) is 20.2. The number of nitrogens with one attached hydrogen (secondary N) is 1. The molecule has 6 heteroatoms. The van der Waals surface area contributed by atoms with Crippen molar-refractivity contribution in [2.45, 2.75) is 26.2 Å². The number of piperidine rings is 1. The van der Waals surface area contributed by atoms with Crippen LogP contribution >= 0.6 is 0 Å². The summed E-state index contributed by atoms with van der Waals surface area (Å²) in [6.07, 6.45) is 4.72. The monoisotopic (exact) mass is 393 g/mol. The molecule has 0 radical (unpaired) electrons. The smallest absolute Gasteiger partial charge is 0.257 e. The van der Waals surface area contributed by atoms with Crippen LogP contribution in [0.5, 0.6) is 5.75 Å². The molecule has 5 nitrogen and oxygen atoms in total. The van der Waals surface area contributed by atoms with E-state index in [4.69, 9.17) is 4.74 Å². The first kappa shape index (κ1) is 19.2. The number of rotatable bonds is 5. The van der Waals surface area contributed by atoms with Gasteiger partial charge in [-0.25, -0.2) is 4.39 Å². The largest absolute Gasteiger partial charge is 0.492 e. The Bertz CT molecular complexity index is 1030. The van der Waals surface area contributed by atoms with Crippen LogP contribution in [0.15, 0.2) is 48.7 Å². The Labute approximate surface area is 169 Å². The zero-order valence-electron chi connectivity index (χ0n) is 16.5. The molecule has 0 aliphatic carbocycles. The van der Waals surface area contributed by atoms with Gasteiger partial charge in [0.1, 0.15) is 11.6 Å². The summed E-state index contributed by atoms with van der Waals surface area (Å²) in [5, 5.41) is 3.91. The van der Waals surface area contributed by atoms with E-state index in [-0.39, 0.29) is 11.7 Å². The molecule has 1 fully saturated rings. The van der Waals surface area contributed by atoms with Gasteiger partial charge < -0.3 is 15.0 Å². The molecule has 1 saturated heterocycles. The van der Waals surface area contributed by atoms with Crippen molar-refractivity contribution >= 4 is 28.2 Å². The Morgan fingerprint density at radius 1 is 1.17 bits per heavy atom. The van der Waals surface area contributed by atoms with E-state index in [0.29, 0.717) is 34.5 Å². The van der Waals surface area contributed by atoms with Crippen molar-refractivity contribution in [2.75, 3.05) is 25.0 Å². The van der Waals surface area contributed by atoms with E-state index < -0.39 is 0 Å². The molecule has 3 aromatic rings. The van der Waals surface area contributed by atoms with Crippen LogP contribution in [-0.4, -0.2) is 35.5 Å². The SMILES string of the molecule is CCOc1ccccc1Nc1c(C(=O)N2CCCCC2)cnc2ccc(F)cc12. The number of hydrogen-bond acceptors (Lipinski definition) is 4. The summed E-state index contributed by atoms with van der Waals surface area (Å²) in [6, 6.07) is 11.9. The summed E-state index contributed by atoms with van der Waals surface area (Å²) in [6.45, 7) is 3.90. The van der Waals surface area contributed by atoms with Crippen molar-refractivity contribution in [1.29, 1.82) is 0 Å². The van der Waals surface area contributed by atoms with Crippen LogP contribution in [0.2, 0.25) is 0 Å². The maximum atomic E-state index is 14.1. The highest BCUT2D eigenvalue weighted by Crippen LogP contribution is 2.34. The second-order valence-corrected chi connectivity index (χ2v) is 7.12. The summed E-state index contributed by atoms with van der Waals surface area (Å²) in [7, 11) is 0. The quantitative estimate of drug-likeness (QED) is 0.652. The number of ether oxygens (including phenoxy) is 1. The molecule has 1 amide bonds. The van der Waals surface area contributed by atoms with Gasteiger partial charge in [-0.2, -0.15) is 0 Å². The van der Waals surface area contributed by atoms with Gasteiger partial charge in [0.25, 0.3) is 5.91 Å². The third-order valence-corrected chi connectivity index (χ3v) is 5.15. The maximum absolute atomic E-state index is 14.1. The topological polar surface area (TPSA) is 54.5 Å². The lowest BCUT2D eigenvalue weighted by atomic mass is 10.1. The highest BCUT2D eigenvalue weighted by Gasteiger charge is 2.23. The first-order valence-corrected chi connectivity index (χ1v) is 10.0. The van der Waals surface area contributed by atoms with Crippen molar-refractivity contribution in [3.05, 3.63) is 60.0 Å². The fraction of sp³-hybridized carbons (Fsp3) is 0.304. The number of carbonyl (C=O) groups excluding carboxylic acids is 1. The number of halogens is 1. The Morgan fingerprint density at radius 3 is 2.76 bits per heavy atom. The lowest BCUT2D eigenvalue weighted by Crippen LogP contribution is -2.36. The summed E-state index contributed by atoms with van der Waals surface area (Å²) in [5.74, 6) is 0.218. The third kappa shape index (κ3) is 4.01. The molecule has 150 valence electrons. The van der Waals surface area contributed by atoms with E-state index in [9.17, 15) is 9.18 Å². The normalized spacial score (nSPS) is 14.1. The van der Waals surface area contributed by atoms with Crippen molar-refractivity contribution in [3.8, 4) is 5.75 Å². The predicted molar refractivity (Wildman–Crippen MR) is 112 cm³/mol. The van der Waals surface area contributed by atoms with Crippen LogP contribution in [0.3, 0.4) is 0 Å². The number of likely N-dealkylation sites (tertiary alicyclic amines) is 1. The highest BCUT2D eigenvalue weighted by atomic mass is 19.1. The number of pyridine rings is 1. The van der Waals surface area contributed by atoms with Crippen LogP contribution in [0.1, 0.15) is 36.5 Å². The molecule has 0 saturated carbocycles. The average molecular weight is 393 g/mol. The number of carbonyl (C=O) groups is 1. The van der Waals surface area contributed by atoms with Crippen molar-refractivity contribution < 1.29 is 13.9 Å². The van der Waals surface area contributed by atoms with E-state index in [1.165, 1.54) is 12.1 Å². The molecule has 1 N–H and O–H groups in total. The van der Waals surface area contributed by atoms with E-state index in [1.54, 1.807) is 12.3 Å². The van der Waals surface area contributed by atoms with Gasteiger partial charge in [-0.05, 0) is 56.5 Å². The number of para-hydroxylation sites is 2. The van der Waals surface area contributed by atoms with E-state index in [2.05, 4.69) is 10.3 Å². The van der Waals surface area contributed by atoms with Gasteiger partial charge in [-0.15, -0.1) is 0 Å². The number of amides is 1. The predicted octanol–water partition coefficient (Wildman–Crippen LogP) is 5.14. The number of fused-ring (bicyclic) bond motifs is 1. The lowest BCUT2D eigenvalue weighted by Gasteiger charge is -2.28. The minimum Gasteiger partial charge on any atom is -0.492 e. The number of anilines is 2. The molecule has 0 unspecified atom stereocenters. The van der Waals surface area contributed by atoms with E-state index in [1.807, 2.05) is 36.1 Å².